The Morgan fingerprint density at radius 1 is 1.30 bits per heavy atom. The summed E-state index contributed by atoms with van der Waals surface area (Å²) in [4.78, 5) is 12.1. The summed E-state index contributed by atoms with van der Waals surface area (Å²) < 4.78 is 1.91. The van der Waals surface area contributed by atoms with Crippen molar-refractivity contribution in [1.29, 1.82) is 0 Å². The molecule has 0 fully saturated rings. The molecule has 5 heteroatoms. The van der Waals surface area contributed by atoms with E-state index in [0.29, 0.717) is 0 Å². The second-order valence-corrected chi connectivity index (χ2v) is 5.77. The number of benzene rings is 1. The van der Waals surface area contributed by atoms with Crippen molar-refractivity contribution >= 4 is 17.7 Å². The highest BCUT2D eigenvalue weighted by atomic mass is 32.2. The number of hydrogen-bond acceptors (Lipinski definition) is 3. The summed E-state index contributed by atoms with van der Waals surface area (Å²) in [5, 5.41) is 13.3. The van der Waals surface area contributed by atoms with Crippen LogP contribution in [0.2, 0.25) is 0 Å². The van der Waals surface area contributed by atoms with Gasteiger partial charge in [-0.05, 0) is 26.0 Å². The van der Waals surface area contributed by atoms with Gasteiger partial charge in [-0.15, -0.1) is 11.8 Å². The molecule has 0 aliphatic carbocycles. The highest BCUT2D eigenvalue weighted by Crippen LogP contribution is 2.19. The molecular formula is C15H18N2O2S. The lowest BCUT2D eigenvalue weighted by Gasteiger charge is -2.05. The van der Waals surface area contributed by atoms with E-state index in [1.807, 2.05) is 36.7 Å². The van der Waals surface area contributed by atoms with E-state index >= 15 is 0 Å². The van der Waals surface area contributed by atoms with E-state index < -0.39 is 5.97 Å². The van der Waals surface area contributed by atoms with Crippen LogP contribution in [-0.4, -0.2) is 26.6 Å². The van der Waals surface area contributed by atoms with Crippen molar-refractivity contribution in [3.05, 3.63) is 47.3 Å². The van der Waals surface area contributed by atoms with Crippen LogP contribution in [0.25, 0.3) is 0 Å². The number of carboxylic acid groups (broad SMARTS) is 1. The first-order valence-corrected chi connectivity index (χ1v) is 7.49. The molecule has 0 aliphatic heterocycles. The molecule has 2 aromatic rings. The summed E-state index contributed by atoms with van der Waals surface area (Å²) in [5.41, 5.74) is 2.61. The van der Waals surface area contributed by atoms with Gasteiger partial charge < -0.3 is 5.11 Å². The Morgan fingerprint density at radius 2 is 2.00 bits per heavy atom. The van der Waals surface area contributed by atoms with Crippen LogP contribution in [0.3, 0.4) is 0 Å². The Labute approximate surface area is 122 Å². The van der Waals surface area contributed by atoms with Crippen molar-refractivity contribution in [2.45, 2.75) is 31.7 Å². The van der Waals surface area contributed by atoms with E-state index in [1.165, 1.54) is 4.90 Å². The normalized spacial score (nSPS) is 10.7. The van der Waals surface area contributed by atoms with Gasteiger partial charge in [-0.25, -0.2) is 0 Å². The number of hydrogen-bond donors (Lipinski definition) is 1. The van der Waals surface area contributed by atoms with Gasteiger partial charge in [0.1, 0.15) is 0 Å². The third-order valence-electron chi connectivity index (χ3n) is 3.17. The summed E-state index contributed by atoms with van der Waals surface area (Å²) >= 11 is 1.78. The van der Waals surface area contributed by atoms with Gasteiger partial charge in [0.25, 0.3) is 0 Å². The van der Waals surface area contributed by atoms with Crippen LogP contribution in [0.4, 0.5) is 0 Å². The van der Waals surface area contributed by atoms with E-state index in [4.69, 9.17) is 5.11 Å². The third kappa shape index (κ3) is 3.63. The van der Waals surface area contributed by atoms with Crippen LogP contribution in [0, 0.1) is 13.8 Å². The van der Waals surface area contributed by atoms with Gasteiger partial charge in [0, 0.05) is 21.9 Å². The van der Waals surface area contributed by atoms with Gasteiger partial charge in [0.2, 0.25) is 0 Å². The minimum absolute atomic E-state index is 0.0451. The summed E-state index contributed by atoms with van der Waals surface area (Å²) in [6.45, 7) is 4.59. The first-order chi connectivity index (χ1) is 9.58. The SMILES string of the molecule is Cc1nn(CCSc2ccccc2)c(C)c1CC(=O)O. The molecule has 20 heavy (non-hydrogen) atoms. The molecule has 1 aromatic heterocycles. The van der Waals surface area contributed by atoms with E-state index in [1.54, 1.807) is 11.8 Å². The number of aryl methyl sites for hydroxylation is 2. The molecule has 0 saturated heterocycles. The Balaban J connectivity index is 1.98. The summed E-state index contributed by atoms with van der Waals surface area (Å²) in [7, 11) is 0. The average Bonchev–Trinajstić information content (AvgIpc) is 2.67. The molecule has 0 atom stereocenters. The summed E-state index contributed by atoms with van der Waals surface area (Å²) in [5.74, 6) is 0.104. The van der Waals surface area contributed by atoms with Crippen molar-refractivity contribution in [3.63, 3.8) is 0 Å². The number of carboxylic acids is 1. The predicted molar refractivity (Wildman–Crippen MR) is 80.2 cm³/mol. The maximum atomic E-state index is 10.8. The first-order valence-electron chi connectivity index (χ1n) is 6.50. The lowest BCUT2D eigenvalue weighted by atomic mass is 10.1. The molecule has 0 spiro atoms. The molecule has 0 saturated carbocycles. The molecule has 1 heterocycles. The minimum atomic E-state index is -0.811. The lowest BCUT2D eigenvalue weighted by Crippen LogP contribution is -2.06. The quantitative estimate of drug-likeness (QED) is 0.831. The van der Waals surface area contributed by atoms with Crippen LogP contribution in [0.5, 0.6) is 0 Å². The highest BCUT2D eigenvalue weighted by molar-refractivity contribution is 7.99. The Bertz CT molecular complexity index is 593. The fourth-order valence-corrected chi connectivity index (χ4v) is 2.97. The van der Waals surface area contributed by atoms with E-state index in [9.17, 15) is 4.79 Å². The van der Waals surface area contributed by atoms with Gasteiger partial charge in [0.15, 0.2) is 0 Å². The molecule has 0 bridgehead atoms. The number of rotatable bonds is 6. The zero-order chi connectivity index (χ0) is 14.5. The van der Waals surface area contributed by atoms with E-state index in [-0.39, 0.29) is 6.42 Å². The van der Waals surface area contributed by atoms with Gasteiger partial charge in [-0.2, -0.15) is 5.10 Å². The molecule has 1 aromatic carbocycles. The van der Waals surface area contributed by atoms with Crippen molar-refractivity contribution in [2.75, 3.05) is 5.75 Å². The lowest BCUT2D eigenvalue weighted by molar-refractivity contribution is -0.136. The Kier molecular flexibility index (Phi) is 4.84. The fraction of sp³-hybridized carbons (Fsp3) is 0.333. The molecule has 2 rings (SSSR count). The maximum absolute atomic E-state index is 10.8. The van der Waals surface area contributed by atoms with E-state index in [2.05, 4.69) is 17.2 Å². The standard InChI is InChI=1S/C15H18N2O2S/c1-11-14(10-15(18)19)12(2)17(16-11)8-9-20-13-6-4-3-5-7-13/h3-7H,8-10H2,1-2H3,(H,18,19). The van der Waals surface area contributed by atoms with Gasteiger partial charge in [-0.1, -0.05) is 18.2 Å². The smallest absolute Gasteiger partial charge is 0.307 e. The van der Waals surface area contributed by atoms with Crippen LogP contribution in [0.1, 0.15) is 17.0 Å². The molecule has 4 nitrogen and oxygen atoms in total. The van der Waals surface area contributed by atoms with Crippen LogP contribution < -0.4 is 0 Å². The Hall–Kier alpha value is -1.75. The molecule has 0 amide bonds. The fourth-order valence-electron chi connectivity index (χ4n) is 2.13. The average molecular weight is 290 g/mol. The second kappa shape index (κ2) is 6.61. The molecule has 106 valence electrons. The molecule has 0 unspecified atom stereocenters. The number of aromatic nitrogens is 2. The number of aliphatic carboxylic acids is 1. The van der Waals surface area contributed by atoms with Crippen molar-refractivity contribution in [3.8, 4) is 0 Å². The summed E-state index contributed by atoms with van der Waals surface area (Å²) in [6, 6.07) is 10.2. The summed E-state index contributed by atoms with van der Waals surface area (Å²) in [6.07, 6.45) is 0.0451. The van der Waals surface area contributed by atoms with E-state index in [0.717, 1.165) is 29.2 Å². The zero-order valence-electron chi connectivity index (χ0n) is 11.7. The topological polar surface area (TPSA) is 55.1 Å². The number of nitrogens with zero attached hydrogens (tertiary/aromatic N) is 2. The predicted octanol–water partition coefficient (Wildman–Crippen LogP) is 2.92. The van der Waals surface area contributed by atoms with Crippen LogP contribution >= 0.6 is 11.8 Å². The van der Waals surface area contributed by atoms with Gasteiger partial charge in [0.05, 0.1) is 18.7 Å². The monoisotopic (exact) mass is 290 g/mol. The van der Waals surface area contributed by atoms with Crippen molar-refractivity contribution in [2.24, 2.45) is 0 Å². The molecule has 1 N–H and O–H groups in total. The van der Waals surface area contributed by atoms with Crippen molar-refractivity contribution in [1.82, 2.24) is 9.78 Å². The molecular weight excluding hydrogens is 272 g/mol. The van der Waals surface area contributed by atoms with Crippen LogP contribution in [-0.2, 0) is 17.8 Å². The third-order valence-corrected chi connectivity index (χ3v) is 4.17. The second-order valence-electron chi connectivity index (χ2n) is 4.60. The largest absolute Gasteiger partial charge is 0.481 e. The minimum Gasteiger partial charge on any atom is -0.481 e. The molecule has 0 aliphatic rings. The maximum Gasteiger partial charge on any atom is 0.307 e. The van der Waals surface area contributed by atoms with Gasteiger partial charge >= 0.3 is 5.97 Å². The first kappa shape index (κ1) is 14.7. The Morgan fingerprint density at radius 3 is 2.65 bits per heavy atom. The number of thioether (sulfide) groups is 1. The highest BCUT2D eigenvalue weighted by Gasteiger charge is 2.14. The number of carbonyl (C=O) groups is 1. The zero-order valence-corrected chi connectivity index (χ0v) is 12.5. The van der Waals surface area contributed by atoms with Crippen LogP contribution in [0.15, 0.2) is 35.2 Å². The molecule has 0 radical (unpaired) electrons. The van der Waals surface area contributed by atoms with Gasteiger partial charge in [-0.3, -0.25) is 9.48 Å². The van der Waals surface area contributed by atoms with Crippen molar-refractivity contribution < 1.29 is 9.90 Å².